The van der Waals surface area contributed by atoms with Crippen LogP contribution in [0.25, 0.3) is 0 Å². The van der Waals surface area contributed by atoms with E-state index in [0.717, 1.165) is 26.0 Å². The number of rotatable bonds is 6. The highest BCUT2D eigenvalue weighted by Crippen LogP contribution is 2.24. The molecule has 1 aromatic carbocycles. The quantitative estimate of drug-likeness (QED) is 0.863. The van der Waals surface area contributed by atoms with Gasteiger partial charge in [-0.25, -0.2) is 0 Å². The molecule has 108 valence electrons. The molecule has 0 radical (unpaired) electrons. The van der Waals surface area contributed by atoms with Crippen LogP contribution in [-0.4, -0.2) is 12.6 Å². The van der Waals surface area contributed by atoms with Gasteiger partial charge in [0, 0.05) is 19.2 Å². The van der Waals surface area contributed by atoms with Crippen molar-refractivity contribution in [3.8, 4) is 6.07 Å². The van der Waals surface area contributed by atoms with Crippen LogP contribution in [0.15, 0.2) is 24.3 Å². The zero-order valence-corrected chi connectivity index (χ0v) is 12.3. The Kier molecular flexibility index (Phi) is 6.04. The van der Waals surface area contributed by atoms with Gasteiger partial charge >= 0.3 is 0 Å². The minimum Gasteiger partial charge on any atom is -0.377 e. The third kappa shape index (κ3) is 4.06. The molecule has 20 heavy (non-hydrogen) atoms. The van der Waals surface area contributed by atoms with Gasteiger partial charge in [-0.3, -0.25) is 0 Å². The Labute approximate surface area is 121 Å². The standard InChI is InChI=1S/C17H24N2O/c1-2-20-13-16-9-4-3-8-15(16)12-19-17-10-6-5-7-14(17)11-18/h3-4,8-9,14,17,19H,2,5-7,10,12-13H2,1H3. The van der Waals surface area contributed by atoms with E-state index in [2.05, 4.69) is 35.7 Å². The van der Waals surface area contributed by atoms with E-state index in [1.54, 1.807) is 0 Å². The third-order valence-corrected chi connectivity index (χ3v) is 4.07. The van der Waals surface area contributed by atoms with Gasteiger partial charge in [0.2, 0.25) is 0 Å². The minimum atomic E-state index is 0.169. The second kappa shape index (κ2) is 8.04. The van der Waals surface area contributed by atoms with Gasteiger partial charge in [-0.2, -0.15) is 5.26 Å². The predicted molar refractivity (Wildman–Crippen MR) is 80.0 cm³/mol. The van der Waals surface area contributed by atoms with Crippen molar-refractivity contribution in [3.05, 3.63) is 35.4 Å². The van der Waals surface area contributed by atoms with Gasteiger partial charge in [0.05, 0.1) is 18.6 Å². The summed E-state index contributed by atoms with van der Waals surface area (Å²) in [6.07, 6.45) is 4.58. The average Bonchev–Trinajstić information content (AvgIpc) is 2.52. The van der Waals surface area contributed by atoms with Crippen LogP contribution in [0.2, 0.25) is 0 Å². The molecule has 1 aliphatic rings. The molecule has 3 nitrogen and oxygen atoms in total. The van der Waals surface area contributed by atoms with Crippen molar-refractivity contribution in [2.24, 2.45) is 5.92 Å². The molecule has 1 aliphatic carbocycles. The summed E-state index contributed by atoms with van der Waals surface area (Å²) >= 11 is 0. The van der Waals surface area contributed by atoms with Crippen molar-refractivity contribution in [1.29, 1.82) is 5.26 Å². The fourth-order valence-corrected chi connectivity index (χ4v) is 2.85. The van der Waals surface area contributed by atoms with E-state index in [4.69, 9.17) is 4.74 Å². The molecule has 0 amide bonds. The summed E-state index contributed by atoms with van der Waals surface area (Å²) in [5.41, 5.74) is 2.52. The predicted octanol–water partition coefficient (Wildman–Crippen LogP) is 3.40. The Morgan fingerprint density at radius 2 is 2.00 bits per heavy atom. The normalized spacial score (nSPS) is 22.4. The number of nitrogens with one attached hydrogen (secondary N) is 1. The highest BCUT2D eigenvalue weighted by Gasteiger charge is 2.24. The molecule has 0 spiro atoms. The number of nitriles is 1. The number of hydrogen-bond acceptors (Lipinski definition) is 3. The van der Waals surface area contributed by atoms with Crippen LogP contribution in [0.4, 0.5) is 0 Å². The lowest BCUT2D eigenvalue weighted by Crippen LogP contribution is -2.37. The highest BCUT2D eigenvalue weighted by atomic mass is 16.5. The summed E-state index contributed by atoms with van der Waals surface area (Å²) < 4.78 is 5.51. The Morgan fingerprint density at radius 3 is 2.75 bits per heavy atom. The average molecular weight is 272 g/mol. The van der Waals surface area contributed by atoms with Gasteiger partial charge in [0.25, 0.3) is 0 Å². The first kappa shape index (κ1) is 15.0. The first-order valence-electron chi connectivity index (χ1n) is 7.62. The maximum atomic E-state index is 9.22. The molecule has 0 saturated heterocycles. The molecule has 0 aliphatic heterocycles. The lowest BCUT2D eigenvalue weighted by molar-refractivity contribution is 0.133. The van der Waals surface area contributed by atoms with Gasteiger partial charge < -0.3 is 10.1 Å². The van der Waals surface area contributed by atoms with Crippen molar-refractivity contribution in [3.63, 3.8) is 0 Å². The smallest absolute Gasteiger partial charge is 0.0719 e. The molecule has 1 saturated carbocycles. The van der Waals surface area contributed by atoms with Crippen LogP contribution < -0.4 is 5.32 Å². The fraction of sp³-hybridized carbons (Fsp3) is 0.588. The van der Waals surface area contributed by atoms with Crippen molar-refractivity contribution in [2.45, 2.75) is 51.8 Å². The highest BCUT2D eigenvalue weighted by molar-refractivity contribution is 5.26. The lowest BCUT2D eigenvalue weighted by atomic mass is 9.85. The number of benzene rings is 1. The van der Waals surface area contributed by atoms with E-state index < -0.39 is 0 Å². The zero-order chi connectivity index (χ0) is 14.2. The number of hydrogen-bond donors (Lipinski definition) is 1. The van der Waals surface area contributed by atoms with Crippen molar-refractivity contribution >= 4 is 0 Å². The van der Waals surface area contributed by atoms with E-state index in [-0.39, 0.29) is 5.92 Å². The number of ether oxygens (including phenoxy) is 1. The van der Waals surface area contributed by atoms with Crippen molar-refractivity contribution in [1.82, 2.24) is 5.32 Å². The van der Waals surface area contributed by atoms with Crippen LogP contribution in [0.1, 0.15) is 43.7 Å². The summed E-state index contributed by atoms with van der Waals surface area (Å²) in [6.45, 7) is 4.24. The second-order valence-electron chi connectivity index (χ2n) is 5.41. The summed E-state index contributed by atoms with van der Waals surface area (Å²) in [5, 5.41) is 12.8. The molecule has 1 aromatic rings. The Bertz CT molecular complexity index is 453. The van der Waals surface area contributed by atoms with Crippen molar-refractivity contribution < 1.29 is 4.74 Å². The molecular weight excluding hydrogens is 248 g/mol. The van der Waals surface area contributed by atoms with E-state index in [0.29, 0.717) is 12.6 Å². The Balaban J connectivity index is 1.94. The van der Waals surface area contributed by atoms with E-state index in [1.807, 2.05) is 6.92 Å². The largest absolute Gasteiger partial charge is 0.377 e. The molecule has 0 aromatic heterocycles. The third-order valence-electron chi connectivity index (χ3n) is 4.07. The molecular formula is C17H24N2O. The van der Waals surface area contributed by atoms with Crippen LogP contribution in [-0.2, 0) is 17.9 Å². The molecule has 2 rings (SSSR count). The van der Waals surface area contributed by atoms with E-state index >= 15 is 0 Å². The summed E-state index contributed by atoms with van der Waals surface area (Å²) in [7, 11) is 0. The first-order valence-corrected chi connectivity index (χ1v) is 7.62. The van der Waals surface area contributed by atoms with Gasteiger partial charge in [0.1, 0.15) is 0 Å². The maximum absolute atomic E-state index is 9.22. The summed E-state index contributed by atoms with van der Waals surface area (Å²) in [4.78, 5) is 0. The van der Waals surface area contributed by atoms with Crippen LogP contribution >= 0.6 is 0 Å². The molecule has 1 fully saturated rings. The Morgan fingerprint density at radius 1 is 1.25 bits per heavy atom. The lowest BCUT2D eigenvalue weighted by Gasteiger charge is -2.28. The van der Waals surface area contributed by atoms with Crippen LogP contribution in [0.3, 0.4) is 0 Å². The molecule has 0 heterocycles. The van der Waals surface area contributed by atoms with Gasteiger partial charge in [0.15, 0.2) is 0 Å². The van der Waals surface area contributed by atoms with E-state index in [9.17, 15) is 5.26 Å². The zero-order valence-electron chi connectivity index (χ0n) is 12.3. The molecule has 3 heteroatoms. The van der Waals surface area contributed by atoms with Gasteiger partial charge in [-0.15, -0.1) is 0 Å². The monoisotopic (exact) mass is 272 g/mol. The van der Waals surface area contributed by atoms with E-state index in [1.165, 1.54) is 24.0 Å². The summed E-state index contributed by atoms with van der Waals surface area (Å²) in [6, 6.07) is 11.2. The van der Waals surface area contributed by atoms with Gasteiger partial charge in [-0.05, 0) is 30.9 Å². The van der Waals surface area contributed by atoms with Crippen LogP contribution in [0.5, 0.6) is 0 Å². The molecule has 1 N–H and O–H groups in total. The Hall–Kier alpha value is -1.37. The van der Waals surface area contributed by atoms with Gasteiger partial charge in [-0.1, -0.05) is 37.1 Å². The molecule has 0 bridgehead atoms. The maximum Gasteiger partial charge on any atom is 0.0719 e. The molecule has 2 unspecified atom stereocenters. The topological polar surface area (TPSA) is 45.0 Å². The minimum absolute atomic E-state index is 0.169. The van der Waals surface area contributed by atoms with Crippen molar-refractivity contribution in [2.75, 3.05) is 6.61 Å². The molecule has 2 atom stereocenters. The summed E-state index contributed by atoms with van der Waals surface area (Å²) in [5.74, 6) is 0.169. The first-order chi connectivity index (χ1) is 9.85. The fourth-order valence-electron chi connectivity index (χ4n) is 2.85. The SMILES string of the molecule is CCOCc1ccccc1CNC1CCCCC1C#N. The number of nitrogens with zero attached hydrogens (tertiary/aromatic N) is 1. The van der Waals surface area contributed by atoms with Crippen LogP contribution in [0, 0.1) is 17.2 Å². The second-order valence-corrected chi connectivity index (χ2v) is 5.41.